The number of hydrogen-bond acceptors (Lipinski definition) is 6. The van der Waals surface area contributed by atoms with Crippen LogP contribution in [0.1, 0.15) is 22.6 Å². The number of halogens is 1. The molecular formula is C19H20FN7O. The SMILES string of the molecule is Cc1cn2cc(NC(=O)c3cnc(N4C[C@@H]5[C@H]4CCN5C)cn3)cc(F)c2n1. The van der Waals surface area contributed by atoms with Crippen LogP contribution in [0.15, 0.2) is 30.9 Å². The highest BCUT2D eigenvalue weighted by atomic mass is 19.1. The predicted molar refractivity (Wildman–Crippen MR) is 102 cm³/mol. The van der Waals surface area contributed by atoms with Gasteiger partial charge in [0.05, 0.1) is 23.8 Å². The molecule has 3 aromatic heterocycles. The maximum absolute atomic E-state index is 14.2. The van der Waals surface area contributed by atoms with Crippen LogP contribution in [0, 0.1) is 12.7 Å². The van der Waals surface area contributed by atoms with E-state index >= 15 is 0 Å². The van der Waals surface area contributed by atoms with Crippen LogP contribution in [0.5, 0.6) is 0 Å². The molecule has 0 unspecified atom stereocenters. The fraction of sp³-hybridized carbons (Fsp3) is 0.368. The van der Waals surface area contributed by atoms with E-state index in [0.717, 1.165) is 25.3 Å². The van der Waals surface area contributed by atoms with Crippen molar-refractivity contribution in [3.63, 3.8) is 0 Å². The zero-order valence-corrected chi connectivity index (χ0v) is 15.6. The van der Waals surface area contributed by atoms with Gasteiger partial charge in [-0.15, -0.1) is 0 Å². The molecule has 0 saturated carbocycles. The number of nitrogens with one attached hydrogen (secondary N) is 1. The Hall–Kier alpha value is -3.07. The van der Waals surface area contributed by atoms with Gasteiger partial charge in [0.25, 0.3) is 5.91 Å². The highest BCUT2D eigenvalue weighted by molar-refractivity contribution is 6.02. The van der Waals surface area contributed by atoms with Crippen molar-refractivity contribution in [3.8, 4) is 0 Å². The summed E-state index contributed by atoms with van der Waals surface area (Å²) >= 11 is 0. The first-order valence-corrected chi connectivity index (χ1v) is 9.25. The van der Waals surface area contributed by atoms with Gasteiger partial charge in [0.15, 0.2) is 11.5 Å². The van der Waals surface area contributed by atoms with Crippen molar-refractivity contribution in [3.05, 3.63) is 48.1 Å². The summed E-state index contributed by atoms with van der Waals surface area (Å²) in [6.45, 7) is 3.81. The molecule has 9 heteroatoms. The number of hydrogen-bond donors (Lipinski definition) is 1. The fourth-order valence-corrected chi connectivity index (χ4v) is 4.10. The zero-order chi connectivity index (χ0) is 19.4. The molecule has 3 aromatic rings. The molecule has 0 spiro atoms. The summed E-state index contributed by atoms with van der Waals surface area (Å²) in [4.78, 5) is 29.8. The van der Waals surface area contributed by atoms with Crippen molar-refractivity contribution < 1.29 is 9.18 Å². The summed E-state index contributed by atoms with van der Waals surface area (Å²) in [5.41, 5.74) is 1.44. The summed E-state index contributed by atoms with van der Waals surface area (Å²) in [7, 11) is 2.15. The lowest BCUT2D eigenvalue weighted by molar-refractivity contribution is 0.102. The summed E-state index contributed by atoms with van der Waals surface area (Å²) < 4.78 is 15.7. The number of likely N-dealkylation sites (tertiary alicyclic amines) is 1. The van der Waals surface area contributed by atoms with Crippen molar-refractivity contribution in [2.24, 2.45) is 0 Å². The molecule has 2 atom stereocenters. The van der Waals surface area contributed by atoms with E-state index in [1.165, 1.54) is 12.3 Å². The van der Waals surface area contributed by atoms with Crippen LogP contribution in [0.2, 0.25) is 0 Å². The Labute approximate surface area is 161 Å². The van der Waals surface area contributed by atoms with Gasteiger partial charge in [0.1, 0.15) is 11.5 Å². The summed E-state index contributed by atoms with van der Waals surface area (Å²) in [6, 6.07) is 2.31. The molecule has 5 heterocycles. The van der Waals surface area contributed by atoms with Crippen molar-refractivity contribution >= 4 is 23.1 Å². The smallest absolute Gasteiger partial charge is 0.275 e. The van der Waals surface area contributed by atoms with E-state index in [9.17, 15) is 9.18 Å². The molecule has 0 radical (unpaired) electrons. The van der Waals surface area contributed by atoms with Gasteiger partial charge >= 0.3 is 0 Å². The van der Waals surface area contributed by atoms with E-state index in [1.807, 2.05) is 0 Å². The predicted octanol–water partition coefficient (Wildman–Crippen LogP) is 1.72. The highest BCUT2D eigenvalue weighted by Gasteiger charge is 2.45. The summed E-state index contributed by atoms with van der Waals surface area (Å²) in [5, 5.41) is 2.67. The monoisotopic (exact) mass is 381 g/mol. The lowest BCUT2D eigenvalue weighted by atomic mass is 9.97. The van der Waals surface area contributed by atoms with Crippen molar-refractivity contribution in [2.45, 2.75) is 25.4 Å². The number of fused-ring (bicyclic) bond motifs is 2. The van der Waals surface area contributed by atoms with E-state index in [1.54, 1.807) is 29.9 Å². The van der Waals surface area contributed by atoms with Gasteiger partial charge in [0.2, 0.25) is 0 Å². The molecule has 5 rings (SSSR count). The Morgan fingerprint density at radius 3 is 2.86 bits per heavy atom. The number of rotatable bonds is 3. The van der Waals surface area contributed by atoms with Crippen molar-refractivity contribution in [2.75, 3.05) is 30.4 Å². The van der Waals surface area contributed by atoms with Crippen LogP contribution < -0.4 is 10.2 Å². The standard InChI is InChI=1S/C19H20FN7O/c1-11-8-26-9-12(5-13(20)18(26)23-11)24-19(28)14-6-22-17(7-21-14)27-10-16-15(27)3-4-25(16)2/h5-9,15-16H,3-4,10H2,1-2H3,(H,24,28)/t15-,16-/m1/s1. The number of amides is 1. The first-order valence-electron chi connectivity index (χ1n) is 9.25. The van der Waals surface area contributed by atoms with Gasteiger partial charge in [-0.25, -0.2) is 19.3 Å². The van der Waals surface area contributed by atoms with Crippen LogP contribution in [-0.4, -0.2) is 62.4 Å². The number of aryl methyl sites for hydroxylation is 1. The lowest BCUT2D eigenvalue weighted by Crippen LogP contribution is -2.61. The number of carbonyl (C=O) groups is 1. The fourth-order valence-electron chi connectivity index (χ4n) is 4.10. The molecule has 1 N–H and O–H groups in total. The van der Waals surface area contributed by atoms with Crippen LogP contribution >= 0.6 is 0 Å². The van der Waals surface area contributed by atoms with E-state index in [0.29, 0.717) is 23.5 Å². The van der Waals surface area contributed by atoms with Crippen molar-refractivity contribution in [1.82, 2.24) is 24.3 Å². The normalized spacial score (nSPS) is 21.6. The quantitative estimate of drug-likeness (QED) is 0.744. The molecule has 2 aliphatic rings. The first-order chi connectivity index (χ1) is 13.5. The molecule has 0 aromatic carbocycles. The third kappa shape index (κ3) is 2.70. The first kappa shape index (κ1) is 17.1. The molecule has 2 fully saturated rings. The van der Waals surface area contributed by atoms with Gasteiger partial charge in [0, 0.05) is 43.6 Å². The van der Waals surface area contributed by atoms with Gasteiger partial charge < -0.3 is 14.6 Å². The summed E-state index contributed by atoms with van der Waals surface area (Å²) in [5.74, 6) is -0.146. The molecule has 28 heavy (non-hydrogen) atoms. The molecule has 8 nitrogen and oxygen atoms in total. The molecular weight excluding hydrogens is 361 g/mol. The maximum atomic E-state index is 14.2. The average molecular weight is 381 g/mol. The number of nitrogens with zero attached hydrogens (tertiary/aromatic N) is 6. The van der Waals surface area contributed by atoms with E-state index in [4.69, 9.17) is 0 Å². The largest absolute Gasteiger partial charge is 0.349 e. The number of aromatic nitrogens is 4. The molecule has 1 amide bonds. The van der Waals surface area contributed by atoms with Crippen LogP contribution in [0.25, 0.3) is 5.65 Å². The molecule has 2 saturated heterocycles. The van der Waals surface area contributed by atoms with E-state index < -0.39 is 11.7 Å². The second-order valence-corrected chi connectivity index (χ2v) is 7.46. The molecule has 0 aliphatic carbocycles. The number of likely N-dealkylation sites (N-methyl/N-ethyl adjacent to an activating group) is 1. The highest BCUT2D eigenvalue weighted by Crippen LogP contribution is 2.34. The molecule has 144 valence electrons. The minimum atomic E-state index is -0.499. The van der Waals surface area contributed by atoms with Crippen LogP contribution in [0.3, 0.4) is 0 Å². The maximum Gasteiger partial charge on any atom is 0.275 e. The van der Waals surface area contributed by atoms with Gasteiger partial charge in [-0.05, 0) is 20.4 Å². The Bertz CT molecular complexity index is 1060. The third-order valence-corrected chi connectivity index (χ3v) is 5.62. The molecule has 2 aliphatic heterocycles. The lowest BCUT2D eigenvalue weighted by Gasteiger charge is -2.46. The van der Waals surface area contributed by atoms with E-state index in [-0.39, 0.29) is 11.3 Å². The summed E-state index contributed by atoms with van der Waals surface area (Å²) in [6.07, 6.45) is 7.53. The number of imidazole rings is 1. The second-order valence-electron chi connectivity index (χ2n) is 7.46. The Kier molecular flexibility index (Phi) is 3.80. The third-order valence-electron chi connectivity index (χ3n) is 5.62. The minimum absolute atomic E-state index is 0.187. The average Bonchev–Trinajstić information content (AvgIpc) is 3.15. The van der Waals surface area contributed by atoms with Gasteiger partial charge in [-0.3, -0.25) is 9.69 Å². The zero-order valence-electron chi connectivity index (χ0n) is 15.6. The van der Waals surface area contributed by atoms with Gasteiger partial charge in [-0.2, -0.15) is 0 Å². The Morgan fingerprint density at radius 1 is 1.25 bits per heavy atom. The topological polar surface area (TPSA) is 78.7 Å². The minimum Gasteiger partial charge on any atom is -0.349 e. The Morgan fingerprint density at radius 2 is 2.11 bits per heavy atom. The van der Waals surface area contributed by atoms with Crippen LogP contribution in [0.4, 0.5) is 15.9 Å². The molecule has 0 bridgehead atoms. The van der Waals surface area contributed by atoms with Gasteiger partial charge in [-0.1, -0.05) is 0 Å². The van der Waals surface area contributed by atoms with Crippen LogP contribution in [-0.2, 0) is 0 Å². The van der Waals surface area contributed by atoms with E-state index in [2.05, 4.69) is 37.1 Å². The van der Waals surface area contributed by atoms with Crippen molar-refractivity contribution in [1.29, 1.82) is 0 Å². The number of anilines is 2. The second kappa shape index (κ2) is 6.23. The Balaban J connectivity index is 1.31. The number of pyridine rings is 1. The number of carbonyl (C=O) groups excluding carboxylic acids is 1.